The zero-order valence-electron chi connectivity index (χ0n) is 14.6. The van der Waals surface area contributed by atoms with Crippen molar-refractivity contribution in [3.05, 3.63) is 29.1 Å². The van der Waals surface area contributed by atoms with Crippen LogP contribution in [0.25, 0.3) is 0 Å². The number of carbonyl (C=O) groups is 2. The van der Waals surface area contributed by atoms with E-state index in [2.05, 4.69) is 4.98 Å². The van der Waals surface area contributed by atoms with Crippen LogP contribution in [-0.4, -0.2) is 89.8 Å². The molecule has 0 spiro atoms. The number of carbonyl (C=O) groups excluding carboxylic acids is 2. The predicted molar refractivity (Wildman–Crippen MR) is 90.2 cm³/mol. The van der Waals surface area contributed by atoms with E-state index in [1.165, 1.54) is 0 Å². The Morgan fingerprint density at radius 1 is 1.36 bits per heavy atom. The lowest BCUT2D eigenvalue weighted by atomic mass is 9.96. The Hall–Kier alpha value is -2.19. The van der Waals surface area contributed by atoms with Crippen LogP contribution in [-0.2, 0) is 17.7 Å². The van der Waals surface area contributed by atoms with Crippen molar-refractivity contribution in [1.82, 2.24) is 19.7 Å². The van der Waals surface area contributed by atoms with E-state index in [0.717, 1.165) is 11.1 Å². The van der Waals surface area contributed by atoms with E-state index in [9.17, 15) is 14.7 Å². The first kappa shape index (κ1) is 17.6. The van der Waals surface area contributed by atoms with Gasteiger partial charge in [0, 0.05) is 46.1 Å². The first-order valence-corrected chi connectivity index (χ1v) is 8.44. The van der Waals surface area contributed by atoms with Crippen molar-refractivity contribution < 1.29 is 19.4 Å². The van der Waals surface area contributed by atoms with Gasteiger partial charge in [0.15, 0.2) is 0 Å². The Morgan fingerprint density at radius 2 is 2.16 bits per heavy atom. The Kier molecular flexibility index (Phi) is 5.19. The van der Waals surface area contributed by atoms with Crippen molar-refractivity contribution in [3.63, 3.8) is 0 Å². The Balaban J connectivity index is 1.84. The lowest BCUT2D eigenvalue weighted by Gasteiger charge is -2.36. The largest absolute Gasteiger partial charge is 0.394 e. The highest BCUT2D eigenvalue weighted by atomic mass is 16.5. The molecule has 1 atom stereocenters. The van der Waals surface area contributed by atoms with Gasteiger partial charge in [-0.15, -0.1) is 0 Å². The molecule has 8 heteroatoms. The van der Waals surface area contributed by atoms with Crippen LogP contribution < -0.4 is 0 Å². The fourth-order valence-corrected chi connectivity index (χ4v) is 3.35. The van der Waals surface area contributed by atoms with Crippen LogP contribution in [0.4, 0.5) is 4.79 Å². The molecule has 0 radical (unpaired) electrons. The topological polar surface area (TPSA) is 86.2 Å². The summed E-state index contributed by atoms with van der Waals surface area (Å²) in [5.74, 6) is -0.126. The normalized spacial score (nSPS) is 20.2. The average Bonchev–Trinajstić information content (AvgIpc) is 2.65. The minimum atomic E-state index is -0.326. The maximum absolute atomic E-state index is 13.0. The number of nitrogens with zero attached hydrogens (tertiary/aromatic N) is 4. The molecule has 25 heavy (non-hydrogen) atoms. The number of aromatic nitrogens is 1. The number of ether oxygens (including phenoxy) is 1. The van der Waals surface area contributed by atoms with Crippen molar-refractivity contribution in [3.8, 4) is 0 Å². The number of aliphatic hydroxyl groups excluding tert-OH is 1. The lowest BCUT2D eigenvalue weighted by molar-refractivity contribution is -0.0184. The number of hydrogen-bond donors (Lipinski definition) is 1. The van der Waals surface area contributed by atoms with Crippen molar-refractivity contribution >= 4 is 11.9 Å². The fourth-order valence-electron chi connectivity index (χ4n) is 3.35. The second-order valence-electron chi connectivity index (χ2n) is 6.58. The van der Waals surface area contributed by atoms with Gasteiger partial charge in [0.25, 0.3) is 5.91 Å². The van der Waals surface area contributed by atoms with Crippen LogP contribution in [0.5, 0.6) is 0 Å². The number of urea groups is 1. The molecule has 2 aliphatic rings. The number of fused-ring (bicyclic) bond motifs is 1. The number of pyridine rings is 1. The van der Waals surface area contributed by atoms with Crippen LogP contribution in [0.1, 0.15) is 21.5 Å². The molecule has 1 aromatic rings. The molecule has 2 aliphatic heterocycles. The Morgan fingerprint density at radius 3 is 2.88 bits per heavy atom. The van der Waals surface area contributed by atoms with E-state index < -0.39 is 0 Å². The van der Waals surface area contributed by atoms with Gasteiger partial charge in [-0.3, -0.25) is 9.78 Å². The monoisotopic (exact) mass is 348 g/mol. The summed E-state index contributed by atoms with van der Waals surface area (Å²) in [5, 5.41) is 9.51. The summed E-state index contributed by atoms with van der Waals surface area (Å²) in [7, 11) is 3.45. The fraction of sp³-hybridized carbons (Fsp3) is 0.588. The van der Waals surface area contributed by atoms with Gasteiger partial charge in [0.1, 0.15) is 0 Å². The molecule has 3 amide bonds. The van der Waals surface area contributed by atoms with Crippen molar-refractivity contribution in [2.75, 3.05) is 47.0 Å². The SMILES string of the molecule is CN(C)C(=O)N1CCc2c(cncc2C(=O)N2CCOCC2CO)C1. The lowest BCUT2D eigenvalue weighted by Crippen LogP contribution is -2.51. The summed E-state index contributed by atoms with van der Waals surface area (Å²) in [5.41, 5.74) is 2.42. The van der Waals surface area contributed by atoms with Crippen LogP contribution in [0.3, 0.4) is 0 Å². The van der Waals surface area contributed by atoms with Crippen molar-refractivity contribution in [1.29, 1.82) is 0 Å². The van der Waals surface area contributed by atoms with E-state index >= 15 is 0 Å². The predicted octanol–water partition coefficient (Wildman–Crippen LogP) is -0.0454. The third kappa shape index (κ3) is 3.45. The van der Waals surface area contributed by atoms with E-state index in [0.29, 0.717) is 44.8 Å². The molecule has 8 nitrogen and oxygen atoms in total. The number of rotatable bonds is 2. The first-order valence-electron chi connectivity index (χ1n) is 8.44. The standard InChI is InChI=1S/C17H24N4O4/c1-19(2)17(24)20-4-3-14-12(9-20)7-18-8-15(14)16(23)21-5-6-25-11-13(21)10-22/h7-8,13,22H,3-6,9-11H2,1-2H3. The zero-order valence-corrected chi connectivity index (χ0v) is 14.6. The van der Waals surface area contributed by atoms with Crippen LogP contribution in [0.2, 0.25) is 0 Å². The first-order chi connectivity index (χ1) is 12.0. The van der Waals surface area contributed by atoms with Crippen molar-refractivity contribution in [2.24, 2.45) is 0 Å². The van der Waals surface area contributed by atoms with E-state index in [-0.39, 0.29) is 24.6 Å². The van der Waals surface area contributed by atoms with Gasteiger partial charge >= 0.3 is 6.03 Å². The number of hydrogen-bond acceptors (Lipinski definition) is 5. The molecule has 0 bridgehead atoms. The van der Waals surface area contributed by atoms with Gasteiger partial charge in [-0.05, 0) is 17.5 Å². The maximum atomic E-state index is 13.0. The summed E-state index contributed by atoms with van der Waals surface area (Å²) in [6.45, 7) is 2.16. The van der Waals surface area contributed by atoms with Crippen molar-refractivity contribution in [2.45, 2.75) is 19.0 Å². The summed E-state index contributed by atoms with van der Waals surface area (Å²) < 4.78 is 5.35. The van der Waals surface area contributed by atoms with Gasteiger partial charge in [-0.25, -0.2) is 4.79 Å². The molecule has 1 unspecified atom stereocenters. The third-order valence-electron chi connectivity index (χ3n) is 4.72. The molecule has 136 valence electrons. The van der Waals surface area contributed by atoms with E-state index in [4.69, 9.17) is 4.74 Å². The smallest absolute Gasteiger partial charge is 0.319 e. The van der Waals surface area contributed by atoms with Crippen LogP contribution >= 0.6 is 0 Å². The molecule has 3 rings (SSSR count). The maximum Gasteiger partial charge on any atom is 0.319 e. The Bertz CT molecular complexity index is 664. The molecule has 1 fully saturated rings. The van der Waals surface area contributed by atoms with Gasteiger partial charge in [0.05, 0.1) is 31.4 Å². The molecule has 0 saturated carbocycles. The zero-order chi connectivity index (χ0) is 18.0. The molecule has 1 saturated heterocycles. The van der Waals surface area contributed by atoms with Crippen LogP contribution in [0.15, 0.2) is 12.4 Å². The highest BCUT2D eigenvalue weighted by Crippen LogP contribution is 2.24. The summed E-state index contributed by atoms with van der Waals surface area (Å²) in [6.07, 6.45) is 3.94. The second-order valence-corrected chi connectivity index (χ2v) is 6.58. The van der Waals surface area contributed by atoms with Gasteiger partial charge in [0.2, 0.25) is 0 Å². The van der Waals surface area contributed by atoms with Gasteiger partial charge in [-0.1, -0.05) is 0 Å². The quantitative estimate of drug-likeness (QED) is 0.810. The molecular weight excluding hydrogens is 324 g/mol. The molecule has 1 aromatic heterocycles. The molecule has 1 N–H and O–H groups in total. The van der Waals surface area contributed by atoms with Crippen LogP contribution in [0, 0.1) is 0 Å². The summed E-state index contributed by atoms with van der Waals surface area (Å²) >= 11 is 0. The van der Waals surface area contributed by atoms with E-state index in [1.54, 1.807) is 41.2 Å². The number of morpholine rings is 1. The number of aliphatic hydroxyl groups is 1. The summed E-state index contributed by atoms with van der Waals surface area (Å²) in [6, 6.07) is -0.372. The minimum absolute atomic E-state index is 0.0455. The highest BCUT2D eigenvalue weighted by molar-refractivity contribution is 5.96. The number of amides is 3. The second kappa shape index (κ2) is 7.37. The molecule has 0 aliphatic carbocycles. The average molecular weight is 348 g/mol. The highest BCUT2D eigenvalue weighted by Gasteiger charge is 2.31. The van der Waals surface area contributed by atoms with Gasteiger partial charge in [-0.2, -0.15) is 0 Å². The minimum Gasteiger partial charge on any atom is -0.394 e. The Labute approximate surface area is 147 Å². The molecule has 3 heterocycles. The summed E-state index contributed by atoms with van der Waals surface area (Å²) in [4.78, 5) is 34.3. The molecule has 0 aromatic carbocycles. The molecular formula is C17H24N4O4. The third-order valence-corrected chi connectivity index (χ3v) is 4.72. The van der Waals surface area contributed by atoms with E-state index in [1.807, 2.05) is 0 Å². The van der Waals surface area contributed by atoms with Gasteiger partial charge < -0.3 is 24.5 Å².